The third-order valence-corrected chi connectivity index (χ3v) is 6.52. The molecular formula is C20H21N3O4S. The number of aromatic nitrogens is 1. The number of carbonyl (C=O) groups excluding carboxylic acids is 1. The first-order chi connectivity index (χ1) is 13.4. The number of piperidine rings is 1. The Morgan fingerprint density at radius 2 is 2.04 bits per heavy atom. The molecule has 0 atom stereocenters. The summed E-state index contributed by atoms with van der Waals surface area (Å²) in [7, 11) is -3.71. The zero-order chi connectivity index (χ0) is 19.7. The number of likely N-dealkylation sites (tertiary alicyclic amines) is 1. The summed E-state index contributed by atoms with van der Waals surface area (Å²) in [4.78, 5) is 18.6. The van der Waals surface area contributed by atoms with Crippen molar-refractivity contribution in [2.75, 3.05) is 13.1 Å². The molecule has 1 aliphatic heterocycles. The molecule has 0 bridgehead atoms. The first kappa shape index (κ1) is 18.6. The zero-order valence-corrected chi connectivity index (χ0v) is 16.3. The van der Waals surface area contributed by atoms with E-state index in [-0.39, 0.29) is 16.8 Å². The maximum atomic E-state index is 13.0. The highest BCUT2D eigenvalue weighted by Crippen LogP contribution is 2.23. The predicted molar refractivity (Wildman–Crippen MR) is 104 cm³/mol. The maximum absolute atomic E-state index is 13.0. The lowest BCUT2D eigenvalue weighted by molar-refractivity contribution is 0.0710. The third kappa shape index (κ3) is 3.65. The van der Waals surface area contributed by atoms with E-state index in [4.69, 9.17) is 4.42 Å². The molecule has 0 saturated carbocycles. The Morgan fingerprint density at radius 1 is 1.25 bits per heavy atom. The van der Waals surface area contributed by atoms with Gasteiger partial charge in [-0.3, -0.25) is 9.78 Å². The van der Waals surface area contributed by atoms with E-state index in [1.54, 1.807) is 29.3 Å². The summed E-state index contributed by atoms with van der Waals surface area (Å²) >= 11 is 0. The van der Waals surface area contributed by atoms with Crippen LogP contribution in [0.4, 0.5) is 0 Å². The number of benzene rings is 1. The summed E-state index contributed by atoms with van der Waals surface area (Å²) in [5, 5.41) is 0.795. The number of carbonyl (C=O) groups is 1. The molecular weight excluding hydrogens is 378 g/mol. The molecule has 1 fully saturated rings. The Labute approximate surface area is 163 Å². The lowest BCUT2D eigenvalue weighted by atomic mass is 10.1. The minimum absolute atomic E-state index is 0.0938. The molecule has 1 N–H and O–H groups in total. The van der Waals surface area contributed by atoms with Crippen LogP contribution in [0.1, 0.15) is 28.8 Å². The van der Waals surface area contributed by atoms with E-state index < -0.39 is 10.0 Å². The number of amides is 1. The van der Waals surface area contributed by atoms with Gasteiger partial charge in [-0.25, -0.2) is 13.1 Å². The molecule has 4 rings (SSSR count). The van der Waals surface area contributed by atoms with E-state index in [1.165, 1.54) is 12.5 Å². The van der Waals surface area contributed by atoms with Gasteiger partial charge in [0, 0.05) is 30.7 Å². The lowest BCUT2D eigenvalue weighted by Crippen LogP contribution is -2.46. The molecule has 0 radical (unpaired) electrons. The van der Waals surface area contributed by atoms with Crippen molar-refractivity contribution in [3.8, 4) is 0 Å². The van der Waals surface area contributed by atoms with Gasteiger partial charge >= 0.3 is 0 Å². The number of pyridine rings is 1. The zero-order valence-electron chi connectivity index (χ0n) is 15.5. The molecule has 28 heavy (non-hydrogen) atoms. The van der Waals surface area contributed by atoms with E-state index in [1.807, 2.05) is 19.1 Å². The van der Waals surface area contributed by atoms with Gasteiger partial charge in [0.25, 0.3) is 5.91 Å². The van der Waals surface area contributed by atoms with Crippen LogP contribution in [0.5, 0.6) is 0 Å². The van der Waals surface area contributed by atoms with Crippen LogP contribution in [-0.2, 0) is 10.0 Å². The first-order valence-corrected chi connectivity index (χ1v) is 10.6. The number of fused-ring (bicyclic) bond motifs is 1. The van der Waals surface area contributed by atoms with E-state index in [0.29, 0.717) is 37.0 Å². The Morgan fingerprint density at radius 3 is 2.75 bits per heavy atom. The Hall–Kier alpha value is -2.71. The summed E-state index contributed by atoms with van der Waals surface area (Å²) in [6.07, 6.45) is 5.67. The number of nitrogens with zero attached hydrogens (tertiary/aromatic N) is 2. The largest absolute Gasteiger partial charge is 0.472 e. The monoisotopic (exact) mass is 399 g/mol. The fourth-order valence-electron chi connectivity index (χ4n) is 3.51. The van der Waals surface area contributed by atoms with Crippen molar-refractivity contribution in [1.82, 2.24) is 14.6 Å². The van der Waals surface area contributed by atoms with Crippen LogP contribution >= 0.6 is 0 Å². The molecule has 7 nitrogen and oxygen atoms in total. The molecule has 1 aromatic carbocycles. The van der Waals surface area contributed by atoms with Crippen molar-refractivity contribution in [3.63, 3.8) is 0 Å². The topological polar surface area (TPSA) is 92.5 Å². The molecule has 8 heteroatoms. The highest BCUT2D eigenvalue weighted by Gasteiger charge is 2.28. The van der Waals surface area contributed by atoms with Crippen LogP contribution in [0.15, 0.2) is 58.4 Å². The van der Waals surface area contributed by atoms with Crippen LogP contribution in [0.3, 0.4) is 0 Å². The number of nitrogens with one attached hydrogen (secondary N) is 1. The number of aryl methyl sites for hydroxylation is 1. The van der Waals surface area contributed by atoms with E-state index in [9.17, 15) is 13.2 Å². The van der Waals surface area contributed by atoms with Gasteiger partial charge in [-0.1, -0.05) is 12.1 Å². The maximum Gasteiger partial charge on any atom is 0.257 e. The average molecular weight is 399 g/mol. The average Bonchev–Trinajstić information content (AvgIpc) is 3.22. The number of sulfonamides is 1. The van der Waals surface area contributed by atoms with Crippen molar-refractivity contribution in [2.24, 2.45) is 0 Å². The third-order valence-electron chi connectivity index (χ3n) is 4.97. The van der Waals surface area contributed by atoms with Crippen LogP contribution in [0, 0.1) is 6.92 Å². The molecule has 2 aromatic heterocycles. The smallest absolute Gasteiger partial charge is 0.257 e. The fourth-order valence-corrected chi connectivity index (χ4v) is 5.00. The van der Waals surface area contributed by atoms with Gasteiger partial charge in [-0.15, -0.1) is 0 Å². The number of furan rings is 1. The van der Waals surface area contributed by atoms with Crippen LogP contribution < -0.4 is 4.72 Å². The van der Waals surface area contributed by atoms with E-state index in [0.717, 1.165) is 10.9 Å². The van der Waals surface area contributed by atoms with Crippen molar-refractivity contribution in [2.45, 2.75) is 30.7 Å². The van der Waals surface area contributed by atoms with Gasteiger partial charge < -0.3 is 9.32 Å². The summed E-state index contributed by atoms with van der Waals surface area (Å²) in [5.74, 6) is -0.0938. The SMILES string of the molecule is Cc1cnc2c(S(=O)(=O)NC3CCN(C(=O)c4ccoc4)CC3)cccc2c1. The second-order valence-corrected chi connectivity index (χ2v) is 8.72. The van der Waals surface area contributed by atoms with Crippen LogP contribution in [-0.4, -0.2) is 43.3 Å². The highest BCUT2D eigenvalue weighted by atomic mass is 32.2. The van der Waals surface area contributed by atoms with Crippen molar-refractivity contribution < 1.29 is 17.6 Å². The predicted octanol–water partition coefficient (Wildman–Crippen LogP) is 2.72. The van der Waals surface area contributed by atoms with Crippen LogP contribution in [0.25, 0.3) is 10.9 Å². The van der Waals surface area contributed by atoms with Crippen molar-refractivity contribution in [3.05, 3.63) is 60.2 Å². The van der Waals surface area contributed by atoms with Crippen molar-refractivity contribution >= 4 is 26.8 Å². The van der Waals surface area contributed by atoms with Gasteiger partial charge in [0.05, 0.1) is 17.3 Å². The van der Waals surface area contributed by atoms with Gasteiger partial charge in [0.15, 0.2) is 0 Å². The molecule has 146 valence electrons. The molecule has 0 aliphatic carbocycles. The normalized spacial score (nSPS) is 15.8. The lowest BCUT2D eigenvalue weighted by Gasteiger charge is -2.32. The standard InChI is InChI=1S/C20H21N3O4S/c1-14-11-15-3-2-4-18(19(15)21-12-14)28(25,26)22-17-5-8-23(9-6-17)20(24)16-7-10-27-13-16/h2-4,7,10-13,17,22H,5-6,8-9H2,1H3. The first-order valence-electron chi connectivity index (χ1n) is 9.13. The van der Waals surface area contributed by atoms with Gasteiger partial charge in [-0.2, -0.15) is 0 Å². The molecule has 0 unspecified atom stereocenters. The Balaban J connectivity index is 1.47. The fraction of sp³-hybridized carbons (Fsp3) is 0.300. The molecule has 1 saturated heterocycles. The van der Waals surface area contributed by atoms with Gasteiger partial charge in [0.2, 0.25) is 10.0 Å². The Bertz CT molecular complexity index is 1100. The molecule has 3 heterocycles. The molecule has 3 aromatic rings. The minimum atomic E-state index is -3.71. The Kier molecular flexibility index (Phi) is 4.91. The quantitative estimate of drug-likeness (QED) is 0.728. The second kappa shape index (κ2) is 7.37. The number of rotatable bonds is 4. The summed E-state index contributed by atoms with van der Waals surface area (Å²) in [5.41, 5.74) is 1.95. The van der Waals surface area contributed by atoms with Gasteiger partial charge in [0.1, 0.15) is 11.2 Å². The molecule has 1 aliphatic rings. The molecule has 1 amide bonds. The van der Waals surface area contributed by atoms with Crippen molar-refractivity contribution in [1.29, 1.82) is 0 Å². The number of hydrogen-bond acceptors (Lipinski definition) is 5. The number of hydrogen-bond donors (Lipinski definition) is 1. The van der Waals surface area contributed by atoms with E-state index in [2.05, 4.69) is 9.71 Å². The molecule has 0 spiro atoms. The minimum Gasteiger partial charge on any atom is -0.472 e. The summed E-state index contributed by atoms with van der Waals surface area (Å²) in [6.45, 7) is 2.90. The van der Waals surface area contributed by atoms with Crippen LogP contribution in [0.2, 0.25) is 0 Å². The second-order valence-electron chi connectivity index (χ2n) is 7.04. The number of para-hydroxylation sites is 1. The van der Waals surface area contributed by atoms with E-state index >= 15 is 0 Å². The summed E-state index contributed by atoms with van der Waals surface area (Å²) in [6, 6.07) is 8.48. The summed E-state index contributed by atoms with van der Waals surface area (Å²) < 4.78 is 33.7. The highest BCUT2D eigenvalue weighted by molar-refractivity contribution is 7.89. The van der Waals surface area contributed by atoms with Gasteiger partial charge in [-0.05, 0) is 43.5 Å².